The lowest BCUT2D eigenvalue weighted by Crippen LogP contribution is -2.42. The van der Waals surface area contributed by atoms with Gasteiger partial charge in [-0.05, 0) is 75.4 Å². The Balaban J connectivity index is 1.20. The van der Waals surface area contributed by atoms with Crippen LogP contribution in [-0.2, 0) is 9.59 Å². The number of hydrogen-bond donors (Lipinski definition) is 2. The molecule has 0 unspecified atom stereocenters. The number of likely N-dealkylation sites (tertiary alicyclic amines) is 1. The third kappa shape index (κ3) is 3.69. The van der Waals surface area contributed by atoms with Gasteiger partial charge in [0.25, 0.3) is 0 Å². The summed E-state index contributed by atoms with van der Waals surface area (Å²) in [6, 6.07) is 0. The van der Waals surface area contributed by atoms with Crippen LogP contribution < -0.4 is 10.6 Å². The second-order valence-electron chi connectivity index (χ2n) is 9.23. The number of halogens is 1. The second kappa shape index (κ2) is 8.24. The molecule has 30 heavy (non-hydrogen) atoms. The zero-order chi connectivity index (χ0) is 20.7. The normalized spacial score (nSPS) is 30.8. The summed E-state index contributed by atoms with van der Waals surface area (Å²) in [5, 5.41) is 6.56. The molecule has 6 nitrogen and oxygen atoms in total. The van der Waals surface area contributed by atoms with Gasteiger partial charge >= 0.3 is 0 Å². The SMILES string of the molecule is O=C(NCCCCN1CCCC1)[C@H]1[C@H](C(=O)Nc2ncc(Cl)s2)[C@@H]2C=C[C@H]1C21CC1. The maximum absolute atomic E-state index is 13.2. The summed E-state index contributed by atoms with van der Waals surface area (Å²) in [5.41, 5.74) is 0.139. The van der Waals surface area contributed by atoms with Crippen LogP contribution >= 0.6 is 22.9 Å². The number of carbonyl (C=O) groups is 2. The molecule has 3 fully saturated rings. The summed E-state index contributed by atoms with van der Waals surface area (Å²) in [4.78, 5) is 33.0. The van der Waals surface area contributed by atoms with Crippen molar-refractivity contribution in [3.8, 4) is 0 Å². The molecule has 5 rings (SSSR count). The summed E-state index contributed by atoms with van der Waals surface area (Å²) in [5.74, 6) is -0.326. The molecule has 1 aliphatic heterocycles. The fraction of sp³-hybridized carbons (Fsp3) is 0.682. The van der Waals surface area contributed by atoms with Crippen molar-refractivity contribution in [1.29, 1.82) is 0 Å². The van der Waals surface area contributed by atoms with E-state index in [1.165, 1.54) is 43.5 Å². The lowest BCUT2D eigenvalue weighted by atomic mass is 9.81. The van der Waals surface area contributed by atoms with Crippen molar-refractivity contribution >= 4 is 39.9 Å². The van der Waals surface area contributed by atoms with Gasteiger partial charge in [0.05, 0.1) is 18.0 Å². The fourth-order valence-electron chi connectivity index (χ4n) is 6.01. The van der Waals surface area contributed by atoms with Gasteiger partial charge in [-0.2, -0.15) is 0 Å². The average Bonchev–Trinajstić information content (AvgIpc) is 3.02. The van der Waals surface area contributed by atoms with E-state index in [4.69, 9.17) is 11.6 Å². The van der Waals surface area contributed by atoms with E-state index < -0.39 is 0 Å². The van der Waals surface area contributed by atoms with E-state index in [9.17, 15) is 9.59 Å². The van der Waals surface area contributed by atoms with Crippen LogP contribution in [0.15, 0.2) is 18.3 Å². The Hall–Kier alpha value is -1.44. The van der Waals surface area contributed by atoms with E-state index in [1.807, 2.05) is 0 Å². The topological polar surface area (TPSA) is 74.3 Å². The third-order valence-electron chi connectivity index (χ3n) is 7.55. The maximum Gasteiger partial charge on any atom is 0.230 e. The number of nitrogens with zero attached hydrogens (tertiary/aromatic N) is 2. The number of anilines is 1. The molecule has 1 aromatic rings. The molecule has 1 saturated heterocycles. The highest BCUT2D eigenvalue weighted by Crippen LogP contribution is 2.72. The monoisotopic (exact) mass is 448 g/mol. The first-order chi connectivity index (χ1) is 14.6. The van der Waals surface area contributed by atoms with Crippen LogP contribution in [0.4, 0.5) is 5.13 Å². The molecule has 2 amide bonds. The predicted molar refractivity (Wildman–Crippen MR) is 118 cm³/mol. The van der Waals surface area contributed by atoms with Crippen molar-refractivity contribution in [1.82, 2.24) is 15.2 Å². The molecule has 4 aliphatic rings. The van der Waals surface area contributed by atoms with Gasteiger partial charge < -0.3 is 15.5 Å². The second-order valence-corrected chi connectivity index (χ2v) is 10.9. The van der Waals surface area contributed by atoms with E-state index >= 15 is 0 Å². The zero-order valence-corrected chi connectivity index (χ0v) is 18.7. The molecule has 2 bridgehead atoms. The lowest BCUT2D eigenvalue weighted by molar-refractivity contribution is -0.132. The van der Waals surface area contributed by atoms with Crippen LogP contribution in [0.25, 0.3) is 0 Å². The molecular weight excluding hydrogens is 420 g/mol. The number of amides is 2. The molecule has 2 heterocycles. The minimum Gasteiger partial charge on any atom is -0.356 e. The van der Waals surface area contributed by atoms with Gasteiger partial charge in [-0.3, -0.25) is 9.59 Å². The Bertz CT molecular complexity index is 846. The number of allylic oxidation sites excluding steroid dienone is 2. The molecule has 8 heteroatoms. The Morgan fingerprint density at radius 2 is 1.83 bits per heavy atom. The fourth-order valence-corrected chi connectivity index (χ4v) is 6.82. The van der Waals surface area contributed by atoms with E-state index in [1.54, 1.807) is 0 Å². The zero-order valence-electron chi connectivity index (χ0n) is 17.1. The molecule has 4 atom stereocenters. The van der Waals surface area contributed by atoms with Crippen LogP contribution in [-0.4, -0.2) is 47.9 Å². The Morgan fingerprint density at radius 1 is 1.13 bits per heavy atom. The number of aromatic nitrogens is 1. The van der Waals surface area contributed by atoms with Gasteiger partial charge in [0.15, 0.2) is 5.13 Å². The summed E-state index contributed by atoms with van der Waals surface area (Å²) in [6.45, 7) is 4.24. The van der Waals surface area contributed by atoms with Crippen LogP contribution in [0.3, 0.4) is 0 Å². The number of unbranched alkanes of at least 4 members (excludes halogenated alkanes) is 1. The first kappa shape index (κ1) is 20.5. The minimum absolute atomic E-state index is 0.0385. The largest absolute Gasteiger partial charge is 0.356 e. The first-order valence-electron chi connectivity index (χ1n) is 11.2. The summed E-state index contributed by atoms with van der Waals surface area (Å²) >= 11 is 7.20. The van der Waals surface area contributed by atoms with Gasteiger partial charge in [-0.1, -0.05) is 35.1 Å². The standard InChI is InChI=1S/C22H29ClN4O2S/c23-16-13-25-21(30-16)26-20(29)18-15-6-5-14(22(15)7-8-22)17(18)19(28)24-9-1-2-10-27-11-3-4-12-27/h5-6,13-15,17-18H,1-4,7-12H2,(H,24,28)(H,25,26,29)/t14-,15+,17-,18-/m1/s1. The van der Waals surface area contributed by atoms with Crippen LogP contribution in [0.2, 0.25) is 4.34 Å². The van der Waals surface area contributed by atoms with Crippen molar-refractivity contribution in [2.45, 2.75) is 38.5 Å². The van der Waals surface area contributed by atoms with Gasteiger partial charge in [-0.25, -0.2) is 4.98 Å². The number of thiazole rings is 1. The van der Waals surface area contributed by atoms with Crippen LogP contribution in [0.1, 0.15) is 38.5 Å². The number of hydrogen-bond acceptors (Lipinski definition) is 5. The Morgan fingerprint density at radius 3 is 2.47 bits per heavy atom. The summed E-state index contributed by atoms with van der Waals surface area (Å²) in [7, 11) is 0. The minimum atomic E-state index is -0.324. The Labute approximate surface area is 186 Å². The molecule has 2 saturated carbocycles. The number of nitrogens with one attached hydrogen (secondary N) is 2. The smallest absolute Gasteiger partial charge is 0.230 e. The molecule has 3 aliphatic carbocycles. The molecule has 162 valence electrons. The highest BCUT2D eigenvalue weighted by Gasteiger charge is 2.69. The van der Waals surface area contributed by atoms with Crippen molar-refractivity contribution in [2.24, 2.45) is 29.1 Å². The van der Waals surface area contributed by atoms with E-state index in [-0.39, 0.29) is 40.9 Å². The lowest BCUT2D eigenvalue weighted by Gasteiger charge is -2.26. The third-order valence-corrected chi connectivity index (χ3v) is 8.58. The molecular formula is C22H29ClN4O2S. The van der Waals surface area contributed by atoms with Gasteiger partial charge in [0, 0.05) is 6.54 Å². The van der Waals surface area contributed by atoms with Crippen molar-refractivity contribution in [2.75, 3.05) is 31.5 Å². The first-order valence-corrected chi connectivity index (χ1v) is 12.4. The van der Waals surface area contributed by atoms with Gasteiger partial charge in [0.1, 0.15) is 4.34 Å². The highest BCUT2D eigenvalue weighted by atomic mass is 35.5. The highest BCUT2D eigenvalue weighted by molar-refractivity contribution is 7.19. The molecule has 0 radical (unpaired) electrons. The molecule has 1 aromatic heterocycles. The summed E-state index contributed by atoms with van der Waals surface area (Å²) < 4.78 is 0.542. The van der Waals surface area contributed by atoms with Crippen molar-refractivity contribution < 1.29 is 9.59 Å². The van der Waals surface area contributed by atoms with Crippen LogP contribution in [0.5, 0.6) is 0 Å². The number of carbonyl (C=O) groups excluding carboxylic acids is 2. The van der Waals surface area contributed by atoms with Crippen molar-refractivity contribution in [3.63, 3.8) is 0 Å². The van der Waals surface area contributed by atoms with Gasteiger partial charge in [0.2, 0.25) is 11.8 Å². The average molecular weight is 449 g/mol. The van der Waals surface area contributed by atoms with Crippen molar-refractivity contribution in [3.05, 3.63) is 22.7 Å². The maximum atomic E-state index is 13.2. The molecule has 0 aromatic carbocycles. The predicted octanol–water partition coefficient (Wildman–Crippen LogP) is 3.56. The van der Waals surface area contributed by atoms with E-state index in [2.05, 4.69) is 32.7 Å². The van der Waals surface area contributed by atoms with Crippen LogP contribution in [0, 0.1) is 29.1 Å². The summed E-state index contributed by atoms with van der Waals surface area (Å²) in [6.07, 6.45) is 12.9. The quantitative estimate of drug-likeness (QED) is 0.471. The van der Waals surface area contributed by atoms with E-state index in [0.717, 1.165) is 32.2 Å². The van der Waals surface area contributed by atoms with Gasteiger partial charge in [-0.15, -0.1) is 0 Å². The number of rotatable bonds is 8. The molecule has 2 N–H and O–H groups in total. The molecule has 1 spiro atoms. The Kier molecular flexibility index (Phi) is 5.62. The van der Waals surface area contributed by atoms with E-state index in [0.29, 0.717) is 16.0 Å².